The molecule has 1 unspecified atom stereocenters. The SMILES string of the molecule is C=C.C=COC(C)=O.COCC1CO1. The molecule has 1 saturated heterocycles. The van der Waals surface area contributed by atoms with Gasteiger partial charge in [-0.3, -0.25) is 4.79 Å². The Morgan fingerprint density at radius 3 is 2.21 bits per heavy atom. The molecule has 0 aromatic rings. The summed E-state index contributed by atoms with van der Waals surface area (Å²) in [6, 6.07) is 0. The second-order valence-corrected chi connectivity index (χ2v) is 2.19. The first-order valence-electron chi connectivity index (χ1n) is 4.09. The van der Waals surface area contributed by atoms with E-state index in [0.29, 0.717) is 6.10 Å². The van der Waals surface area contributed by atoms with Crippen LogP contribution in [0.5, 0.6) is 0 Å². The Hall–Kier alpha value is -1.13. The van der Waals surface area contributed by atoms with Crippen LogP contribution in [0.15, 0.2) is 26.0 Å². The van der Waals surface area contributed by atoms with Crippen molar-refractivity contribution < 1.29 is 19.0 Å². The van der Waals surface area contributed by atoms with Crippen LogP contribution >= 0.6 is 0 Å². The van der Waals surface area contributed by atoms with Crippen LogP contribution in [-0.4, -0.2) is 32.4 Å². The van der Waals surface area contributed by atoms with Crippen molar-refractivity contribution >= 4 is 5.97 Å². The van der Waals surface area contributed by atoms with Crippen molar-refractivity contribution in [1.82, 2.24) is 0 Å². The van der Waals surface area contributed by atoms with Crippen LogP contribution in [0.3, 0.4) is 0 Å². The van der Waals surface area contributed by atoms with Crippen LogP contribution in [0.2, 0.25) is 0 Å². The van der Waals surface area contributed by atoms with Crippen molar-refractivity contribution in [1.29, 1.82) is 0 Å². The summed E-state index contributed by atoms with van der Waals surface area (Å²) in [6.45, 7) is 12.1. The van der Waals surface area contributed by atoms with Crippen LogP contribution in [0.25, 0.3) is 0 Å². The topological polar surface area (TPSA) is 48.1 Å². The Bertz CT molecular complexity index is 152. The van der Waals surface area contributed by atoms with E-state index in [1.54, 1.807) is 7.11 Å². The van der Waals surface area contributed by atoms with Crippen molar-refractivity contribution in [3.05, 3.63) is 26.0 Å². The molecule has 1 atom stereocenters. The van der Waals surface area contributed by atoms with Gasteiger partial charge in [0.05, 0.1) is 19.5 Å². The van der Waals surface area contributed by atoms with Gasteiger partial charge in [-0.2, -0.15) is 0 Å². The van der Waals surface area contributed by atoms with E-state index in [1.807, 2.05) is 0 Å². The van der Waals surface area contributed by atoms with Crippen molar-refractivity contribution in [2.45, 2.75) is 13.0 Å². The standard InChI is InChI=1S/C4H8O2.C4H6O2.C2H4/c1-5-2-4-3-6-4;1-3-6-4(2)5;1-2/h4H,2-3H2,1H3;3H,1H2,2H3;1-2H2. The van der Waals surface area contributed by atoms with Gasteiger partial charge in [0.25, 0.3) is 0 Å². The van der Waals surface area contributed by atoms with Gasteiger partial charge in [0.15, 0.2) is 0 Å². The summed E-state index contributed by atoms with van der Waals surface area (Å²) in [6.07, 6.45) is 1.53. The van der Waals surface area contributed by atoms with E-state index in [2.05, 4.69) is 24.5 Å². The first kappa shape index (κ1) is 15.3. The van der Waals surface area contributed by atoms with Gasteiger partial charge in [-0.05, 0) is 0 Å². The van der Waals surface area contributed by atoms with Crippen LogP contribution in [-0.2, 0) is 19.0 Å². The summed E-state index contributed by atoms with van der Waals surface area (Å²) in [4.78, 5) is 9.75. The fourth-order valence-electron chi connectivity index (χ4n) is 0.468. The van der Waals surface area contributed by atoms with E-state index in [0.717, 1.165) is 19.5 Å². The van der Waals surface area contributed by atoms with Crippen LogP contribution in [0.1, 0.15) is 6.92 Å². The summed E-state index contributed by atoms with van der Waals surface area (Å²) in [5, 5.41) is 0. The Kier molecular flexibility index (Phi) is 13.0. The molecule has 14 heavy (non-hydrogen) atoms. The zero-order chi connectivity index (χ0) is 11.4. The first-order chi connectivity index (χ1) is 6.70. The van der Waals surface area contributed by atoms with Crippen molar-refractivity contribution in [3.8, 4) is 0 Å². The average molecular weight is 202 g/mol. The maximum absolute atomic E-state index is 9.75. The average Bonchev–Trinajstić information content (AvgIpc) is 2.93. The third-order valence-corrected chi connectivity index (χ3v) is 1.00. The van der Waals surface area contributed by atoms with E-state index in [-0.39, 0.29) is 5.97 Å². The lowest BCUT2D eigenvalue weighted by Gasteiger charge is -1.84. The lowest BCUT2D eigenvalue weighted by atomic mass is 10.5. The minimum absolute atomic E-state index is 0.329. The van der Waals surface area contributed by atoms with Gasteiger partial charge in [-0.15, -0.1) is 13.2 Å². The lowest BCUT2D eigenvalue weighted by molar-refractivity contribution is -0.135. The number of methoxy groups -OCH3 is 1. The number of hydrogen-bond donors (Lipinski definition) is 0. The highest BCUT2D eigenvalue weighted by molar-refractivity contribution is 5.66. The third-order valence-electron chi connectivity index (χ3n) is 1.00. The third kappa shape index (κ3) is 17.1. The van der Waals surface area contributed by atoms with E-state index >= 15 is 0 Å². The van der Waals surface area contributed by atoms with Gasteiger partial charge in [0.2, 0.25) is 0 Å². The second kappa shape index (κ2) is 11.9. The fraction of sp³-hybridized carbons (Fsp3) is 0.500. The monoisotopic (exact) mass is 202 g/mol. The minimum Gasteiger partial charge on any atom is -0.435 e. The predicted molar refractivity (Wildman–Crippen MR) is 54.8 cm³/mol. The maximum atomic E-state index is 9.75. The number of ether oxygens (including phenoxy) is 3. The minimum atomic E-state index is -0.329. The molecule has 1 aliphatic rings. The molecule has 0 aromatic carbocycles. The molecule has 0 N–H and O–H groups in total. The van der Waals surface area contributed by atoms with Gasteiger partial charge in [0, 0.05) is 14.0 Å². The normalized spacial score (nSPS) is 16.3. The molecular formula is C10H18O4. The molecule has 4 heteroatoms. The van der Waals surface area contributed by atoms with Crippen LogP contribution in [0, 0.1) is 0 Å². The fourth-order valence-corrected chi connectivity index (χ4v) is 0.468. The number of carbonyl (C=O) groups excluding carboxylic acids is 1. The molecule has 0 amide bonds. The van der Waals surface area contributed by atoms with Gasteiger partial charge >= 0.3 is 5.97 Å². The Morgan fingerprint density at radius 1 is 1.64 bits per heavy atom. The Morgan fingerprint density at radius 2 is 2.14 bits per heavy atom. The summed E-state index contributed by atoms with van der Waals surface area (Å²) in [5.41, 5.74) is 0. The Labute approximate surface area is 85.2 Å². The van der Waals surface area contributed by atoms with Crippen molar-refractivity contribution in [3.63, 3.8) is 0 Å². The van der Waals surface area contributed by atoms with Crippen molar-refractivity contribution in [2.24, 2.45) is 0 Å². The molecule has 0 aliphatic carbocycles. The van der Waals surface area contributed by atoms with Crippen molar-refractivity contribution in [2.75, 3.05) is 20.3 Å². The molecule has 82 valence electrons. The molecule has 1 rings (SSSR count). The predicted octanol–water partition coefficient (Wildman–Crippen LogP) is 1.53. The molecule has 0 aromatic heterocycles. The summed E-state index contributed by atoms with van der Waals surface area (Å²) < 4.78 is 13.7. The molecule has 0 saturated carbocycles. The number of carbonyl (C=O) groups is 1. The molecule has 0 radical (unpaired) electrons. The molecule has 1 aliphatic heterocycles. The highest BCUT2D eigenvalue weighted by atomic mass is 16.6. The largest absolute Gasteiger partial charge is 0.435 e. The number of esters is 1. The maximum Gasteiger partial charge on any atom is 0.307 e. The van der Waals surface area contributed by atoms with Gasteiger partial charge in [-0.1, -0.05) is 6.58 Å². The highest BCUT2D eigenvalue weighted by Gasteiger charge is 2.21. The lowest BCUT2D eigenvalue weighted by Crippen LogP contribution is -1.94. The number of rotatable bonds is 3. The summed E-state index contributed by atoms with van der Waals surface area (Å²) in [5.74, 6) is -0.329. The van der Waals surface area contributed by atoms with Crippen LogP contribution in [0.4, 0.5) is 0 Å². The first-order valence-corrected chi connectivity index (χ1v) is 4.09. The quantitative estimate of drug-likeness (QED) is 0.301. The number of hydrogen-bond acceptors (Lipinski definition) is 4. The van der Waals surface area contributed by atoms with Gasteiger partial charge in [-0.25, -0.2) is 0 Å². The Balaban J connectivity index is 0. The van der Waals surface area contributed by atoms with E-state index in [9.17, 15) is 4.79 Å². The highest BCUT2D eigenvalue weighted by Crippen LogP contribution is 2.06. The zero-order valence-electron chi connectivity index (χ0n) is 8.82. The molecular weight excluding hydrogens is 184 g/mol. The smallest absolute Gasteiger partial charge is 0.307 e. The van der Waals surface area contributed by atoms with Gasteiger partial charge in [0.1, 0.15) is 6.10 Å². The zero-order valence-corrected chi connectivity index (χ0v) is 8.82. The molecule has 1 fully saturated rings. The summed E-state index contributed by atoms with van der Waals surface area (Å²) >= 11 is 0. The van der Waals surface area contributed by atoms with Crippen LogP contribution < -0.4 is 0 Å². The van der Waals surface area contributed by atoms with Gasteiger partial charge < -0.3 is 14.2 Å². The molecule has 1 heterocycles. The molecule has 4 nitrogen and oxygen atoms in total. The van der Waals surface area contributed by atoms with E-state index < -0.39 is 0 Å². The second-order valence-electron chi connectivity index (χ2n) is 2.19. The molecule has 0 spiro atoms. The van der Waals surface area contributed by atoms with E-state index in [1.165, 1.54) is 6.92 Å². The summed E-state index contributed by atoms with van der Waals surface area (Å²) in [7, 11) is 1.68. The molecule has 0 bridgehead atoms. The van der Waals surface area contributed by atoms with E-state index in [4.69, 9.17) is 9.47 Å². The number of epoxide rings is 1.